The van der Waals surface area contributed by atoms with E-state index in [0.717, 1.165) is 0 Å². The number of amides is 2. The van der Waals surface area contributed by atoms with Gasteiger partial charge < -0.3 is 15.4 Å². The third-order valence-electron chi connectivity index (χ3n) is 4.92. The highest BCUT2D eigenvalue weighted by Crippen LogP contribution is 2.21. The fraction of sp³-hybridized carbons (Fsp3) is 0.0417. The first-order valence-electron chi connectivity index (χ1n) is 10.1. The van der Waals surface area contributed by atoms with Crippen molar-refractivity contribution >= 4 is 28.9 Å². The van der Waals surface area contributed by atoms with E-state index in [4.69, 9.17) is 4.74 Å². The maximum atomic E-state index is 12.8. The Labute approximate surface area is 193 Å². The van der Waals surface area contributed by atoms with Gasteiger partial charge in [0.1, 0.15) is 5.75 Å². The number of hydrogen-bond acceptors (Lipinski definition) is 6. The zero-order valence-corrected chi connectivity index (χ0v) is 18.0. The number of nitrogens with zero attached hydrogens (tertiary/aromatic N) is 3. The summed E-state index contributed by atoms with van der Waals surface area (Å²) in [4.78, 5) is 36.0. The van der Waals surface area contributed by atoms with E-state index in [0.29, 0.717) is 22.8 Å². The van der Waals surface area contributed by atoms with Crippen molar-refractivity contribution in [2.45, 2.75) is 0 Å². The largest absolute Gasteiger partial charge is 0.497 e. The van der Waals surface area contributed by atoms with Crippen LogP contribution in [0.3, 0.4) is 0 Å². The maximum absolute atomic E-state index is 12.8. The molecule has 34 heavy (non-hydrogen) atoms. The number of para-hydroxylation sites is 1. The summed E-state index contributed by atoms with van der Waals surface area (Å²) in [7, 11) is 1.54. The highest BCUT2D eigenvalue weighted by Gasteiger charge is 2.16. The molecule has 0 unspecified atom stereocenters. The number of anilines is 2. The fourth-order valence-corrected chi connectivity index (χ4v) is 3.19. The molecule has 0 spiro atoms. The Bertz CT molecular complexity index is 1360. The summed E-state index contributed by atoms with van der Waals surface area (Å²) in [5, 5.41) is 20.5. The van der Waals surface area contributed by atoms with Crippen molar-refractivity contribution in [1.29, 1.82) is 0 Å². The van der Waals surface area contributed by atoms with Crippen LogP contribution in [0.5, 0.6) is 5.75 Å². The smallest absolute Gasteiger partial charge is 0.269 e. The molecule has 0 atom stereocenters. The standard InChI is InChI=1S/C24H19N5O5/c1-34-20-6-4-5-17(13-20)26-24(31)21-7-2-3-8-22(21)27-23(30)16-14-25-28(15-16)18-9-11-19(12-10-18)29(32)33/h2-15H,1H3,(H,26,31)(H,27,30). The monoisotopic (exact) mass is 457 g/mol. The zero-order valence-electron chi connectivity index (χ0n) is 18.0. The molecule has 3 aromatic carbocycles. The molecule has 10 heteroatoms. The van der Waals surface area contributed by atoms with Crippen LogP contribution in [0.4, 0.5) is 17.1 Å². The van der Waals surface area contributed by atoms with E-state index >= 15 is 0 Å². The van der Waals surface area contributed by atoms with E-state index in [1.807, 2.05) is 0 Å². The van der Waals surface area contributed by atoms with Gasteiger partial charge in [0.2, 0.25) is 0 Å². The third-order valence-corrected chi connectivity index (χ3v) is 4.92. The van der Waals surface area contributed by atoms with Gasteiger partial charge in [-0.05, 0) is 36.4 Å². The lowest BCUT2D eigenvalue weighted by Gasteiger charge is -2.11. The summed E-state index contributed by atoms with van der Waals surface area (Å²) in [6, 6.07) is 19.3. The van der Waals surface area contributed by atoms with Crippen molar-refractivity contribution in [1.82, 2.24) is 9.78 Å². The molecule has 10 nitrogen and oxygen atoms in total. The van der Waals surface area contributed by atoms with E-state index < -0.39 is 16.7 Å². The molecule has 4 rings (SSSR count). The van der Waals surface area contributed by atoms with Crippen LogP contribution in [0.25, 0.3) is 5.69 Å². The average Bonchev–Trinajstić information content (AvgIpc) is 3.35. The Balaban J connectivity index is 1.50. The van der Waals surface area contributed by atoms with Crippen LogP contribution in [0.15, 0.2) is 85.2 Å². The Morgan fingerprint density at radius 3 is 2.47 bits per heavy atom. The van der Waals surface area contributed by atoms with Crippen LogP contribution < -0.4 is 15.4 Å². The number of hydrogen-bond donors (Lipinski definition) is 2. The number of aromatic nitrogens is 2. The molecule has 4 aromatic rings. The minimum absolute atomic E-state index is 0.0438. The summed E-state index contributed by atoms with van der Waals surface area (Å²) >= 11 is 0. The lowest BCUT2D eigenvalue weighted by molar-refractivity contribution is -0.384. The molecule has 1 heterocycles. The number of benzene rings is 3. The van der Waals surface area contributed by atoms with Gasteiger partial charge in [-0.15, -0.1) is 0 Å². The van der Waals surface area contributed by atoms with Gasteiger partial charge in [0.05, 0.1) is 40.7 Å². The first kappa shape index (κ1) is 22.2. The van der Waals surface area contributed by atoms with Gasteiger partial charge in [-0.25, -0.2) is 4.68 Å². The molecule has 0 fully saturated rings. The number of rotatable bonds is 7. The van der Waals surface area contributed by atoms with Gasteiger partial charge in [0.15, 0.2) is 0 Å². The molecule has 0 aliphatic rings. The van der Waals surface area contributed by atoms with Gasteiger partial charge in [0, 0.05) is 30.1 Å². The van der Waals surface area contributed by atoms with Crippen LogP contribution in [0.2, 0.25) is 0 Å². The molecule has 0 aliphatic carbocycles. The number of carbonyl (C=O) groups is 2. The minimum atomic E-state index is -0.492. The van der Waals surface area contributed by atoms with E-state index in [1.165, 1.54) is 48.5 Å². The second-order valence-electron chi connectivity index (χ2n) is 7.13. The summed E-state index contributed by atoms with van der Waals surface area (Å²) < 4.78 is 6.60. The summed E-state index contributed by atoms with van der Waals surface area (Å²) in [6.45, 7) is 0. The van der Waals surface area contributed by atoms with Crippen LogP contribution in [0.1, 0.15) is 20.7 Å². The van der Waals surface area contributed by atoms with Crippen molar-refractivity contribution in [3.8, 4) is 11.4 Å². The van der Waals surface area contributed by atoms with Gasteiger partial charge >= 0.3 is 0 Å². The molecule has 2 amide bonds. The number of methoxy groups -OCH3 is 1. The van der Waals surface area contributed by atoms with Crippen LogP contribution in [0, 0.1) is 10.1 Å². The topological polar surface area (TPSA) is 128 Å². The fourth-order valence-electron chi connectivity index (χ4n) is 3.19. The molecule has 0 radical (unpaired) electrons. The average molecular weight is 457 g/mol. The van der Waals surface area contributed by atoms with Crippen LogP contribution >= 0.6 is 0 Å². The van der Waals surface area contributed by atoms with Gasteiger partial charge in [-0.2, -0.15) is 5.10 Å². The molecular formula is C24H19N5O5. The van der Waals surface area contributed by atoms with Gasteiger partial charge in [-0.3, -0.25) is 19.7 Å². The van der Waals surface area contributed by atoms with Crippen molar-refractivity contribution < 1.29 is 19.2 Å². The molecule has 0 bridgehead atoms. The van der Waals surface area contributed by atoms with Crippen molar-refractivity contribution in [3.63, 3.8) is 0 Å². The number of non-ortho nitro benzene ring substituents is 1. The number of nitro groups is 1. The van der Waals surface area contributed by atoms with E-state index in [-0.39, 0.29) is 16.8 Å². The molecule has 0 saturated carbocycles. The first-order chi connectivity index (χ1) is 16.4. The Morgan fingerprint density at radius 1 is 0.971 bits per heavy atom. The Kier molecular flexibility index (Phi) is 6.31. The predicted molar refractivity (Wildman–Crippen MR) is 126 cm³/mol. The van der Waals surface area contributed by atoms with E-state index in [1.54, 1.807) is 48.5 Å². The summed E-state index contributed by atoms with van der Waals surface area (Å²) in [6.07, 6.45) is 2.87. The Morgan fingerprint density at radius 2 is 1.74 bits per heavy atom. The van der Waals surface area contributed by atoms with E-state index in [9.17, 15) is 19.7 Å². The first-order valence-corrected chi connectivity index (χ1v) is 10.1. The highest BCUT2D eigenvalue weighted by molar-refractivity contribution is 6.12. The summed E-state index contributed by atoms with van der Waals surface area (Å²) in [5.74, 6) is -0.259. The lowest BCUT2D eigenvalue weighted by Crippen LogP contribution is -2.18. The molecule has 170 valence electrons. The molecular weight excluding hydrogens is 438 g/mol. The summed E-state index contributed by atoms with van der Waals surface area (Å²) in [5.41, 5.74) is 1.93. The second-order valence-corrected chi connectivity index (χ2v) is 7.13. The molecule has 2 N–H and O–H groups in total. The van der Waals surface area contributed by atoms with Crippen molar-refractivity contribution in [2.75, 3.05) is 17.7 Å². The number of nitro benzene ring substituents is 1. The molecule has 0 saturated heterocycles. The Hall–Kier alpha value is -4.99. The van der Waals surface area contributed by atoms with E-state index in [2.05, 4.69) is 15.7 Å². The molecule has 0 aliphatic heterocycles. The molecule has 1 aromatic heterocycles. The number of ether oxygens (including phenoxy) is 1. The van der Waals surface area contributed by atoms with Gasteiger partial charge in [-0.1, -0.05) is 18.2 Å². The normalized spacial score (nSPS) is 10.4. The third kappa shape index (κ3) is 4.91. The quantitative estimate of drug-likeness (QED) is 0.315. The van der Waals surface area contributed by atoms with Crippen LogP contribution in [-0.2, 0) is 0 Å². The highest BCUT2D eigenvalue weighted by atomic mass is 16.6. The van der Waals surface area contributed by atoms with Crippen LogP contribution in [-0.4, -0.2) is 33.6 Å². The number of carbonyl (C=O) groups excluding carboxylic acids is 2. The van der Waals surface area contributed by atoms with Crippen molar-refractivity contribution in [3.05, 3.63) is 106 Å². The lowest BCUT2D eigenvalue weighted by atomic mass is 10.1. The maximum Gasteiger partial charge on any atom is 0.269 e. The SMILES string of the molecule is COc1cccc(NC(=O)c2ccccc2NC(=O)c2cnn(-c3ccc([N+](=O)[O-])cc3)c2)c1. The van der Waals surface area contributed by atoms with Gasteiger partial charge in [0.25, 0.3) is 17.5 Å². The van der Waals surface area contributed by atoms with Crippen molar-refractivity contribution in [2.24, 2.45) is 0 Å². The zero-order chi connectivity index (χ0) is 24.1. The number of nitrogens with one attached hydrogen (secondary N) is 2. The predicted octanol–water partition coefficient (Wildman–Crippen LogP) is 4.29. The minimum Gasteiger partial charge on any atom is -0.497 e. The second kappa shape index (κ2) is 9.65.